The van der Waals surface area contributed by atoms with E-state index in [2.05, 4.69) is 58.1 Å². The number of thioether (sulfide) groups is 1. The highest BCUT2D eigenvalue weighted by molar-refractivity contribution is 8.00. The first-order chi connectivity index (χ1) is 9.43. The second kappa shape index (κ2) is 8.34. The highest BCUT2D eigenvalue weighted by Gasteiger charge is 2.12. The Labute approximate surface area is 128 Å². The lowest BCUT2D eigenvalue weighted by Gasteiger charge is -2.16. The zero-order chi connectivity index (χ0) is 15.1. The number of nitrogens with zero attached hydrogens (tertiary/aromatic N) is 1. The number of rotatable bonds is 7. The molecule has 3 heteroatoms. The van der Waals surface area contributed by atoms with Crippen LogP contribution in [-0.2, 0) is 6.54 Å². The van der Waals surface area contributed by atoms with E-state index in [9.17, 15) is 5.26 Å². The Morgan fingerprint density at radius 1 is 1.20 bits per heavy atom. The van der Waals surface area contributed by atoms with Crippen molar-refractivity contribution in [2.45, 2.75) is 51.3 Å². The Balaban J connectivity index is 2.73. The van der Waals surface area contributed by atoms with Gasteiger partial charge in [0, 0.05) is 16.7 Å². The first kappa shape index (κ1) is 17.1. The summed E-state index contributed by atoms with van der Waals surface area (Å²) in [5.41, 5.74) is 1.98. The van der Waals surface area contributed by atoms with Crippen LogP contribution in [0.25, 0.3) is 0 Å². The number of hydrogen-bond donors (Lipinski definition) is 1. The molecule has 0 aliphatic heterocycles. The first-order valence-corrected chi connectivity index (χ1v) is 8.22. The van der Waals surface area contributed by atoms with Gasteiger partial charge < -0.3 is 5.32 Å². The Kier molecular flexibility index (Phi) is 7.12. The quantitative estimate of drug-likeness (QED) is 0.754. The highest BCUT2D eigenvalue weighted by Crippen LogP contribution is 2.30. The van der Waals surface area contributed by atoms with Crippen molar-refractivity contribution in [1.82, 2.24) is 5.32 Å². The molecule has 0 saturated carbocycles. The molecular formula is C17H26N2S. The van der Waals surface area contributed by atoms with Crippen LogP contribution in [0.15, 0.2) is 23.1 Å². The van der Waals surface area contributed by atoms with Crippen molar-refractivity contribution in [3.05, 3.63) is 29.3 Å². The summed E-state index contributed by atoms with van der Waals surface area (Å²) in [6.07, 6.45) is 0. The average Bonchev–Trinajstić information content (AvgIpc) is 2.39. The number of benzene rings is 1. The zero-order valence-corrected chi connectivity index (χ0v) is 14.1. The van der Waals surface area contributed by atoms with Gasteiger partial charge in [0.1, 0.15) is 6.07 Å². The van der Waals surface area contributed by atoms with E-state index in [0.717, 1.165) is 23.5 Å². The molecule has 0 fully saturated rings. The van der Waals surface area contributed by atoms with Crippen LogP contribution in [0, 0.1) is 23.2 Å². The zero-order valence-electron chi connectivity index (χ0n) is 13.2. The van der Waals surface area contributed by atoms with Gasteiger partial charge >= 0.3 is 0 Å². The van der Waals surface area contributed by atoms with Crippen LogP contribution >= 0.6 is 11.8 Å². The van der Waals surface area contributed by atoms with Crippen molar-refractivity contribution in [2.24, 2.45) is 11.8 Å². The summed E-state index contributed by atoms with van der Waals surface area (Å²) in [5, 5.41) is 13.3. The van der Waals surface area contributed by atoms with Gasteiger partial charge in [0.05, 0.1) is 5.56 Å². The van der Waals surface area contributed by atoms with Crippen molar-refractivity contribution in [3.63, 3.8) is 0 Å². The van der Waals surface area contributed by atoms with E-state index in [1.807, 2.05) is 6.07 Å². The topological polar surface area (TPSA) is 35.8 Å². The van der Waals surface area contributed by atoms with E-state index in [4.69, 9.17) is 0 Å². The Morgan fingerprint density at radius 2 is 1.90 bits per heavy atom. The molecule has 110 valence electrons. The van der Waals surface area contributed by atoms with Gasteiger partial charge in [0.15, 0.2) is 0 Å². The van der Waals surface area contributed by atoms with Crippen LogP contribution in [0.1, 0.15) is 45.7 Å². The molecule has 1 aromatic rings. The minimum Gasteiger partial charge on any atom is -0.312 e. The molecule has 1 rings (SSSR count). The predicted octanol–water partition coefficient (Wildman–Crippen LogP) is 4.44. The molecule has 0 aliphatic rings. The van der Waals surface area contributed by atoms with Crippen LogP contribution in [0.4, 0.5) is 0 Å². The maximum Gasteiger partial charge on any atom is 0.100 e. The molecule has 0 saturated heterocycles. The second-order valence-electron chi connectivity index (χ2n) is 6.03. The molecule has 1 unspecified atom stereocenters. The first-order valence-electron chi connectivity index (χ1n) is 7.34. The predicted molar refractivity (Wildman–Crippen MR) is 87.9 cm³/mol. The van der Waals surface area contributed by atoms with Crippen molar-refractivity contribution in [1.29, 1.82) is 5.26 Å². The maximum absolute atomic E-state index is 9.32. The maximum atomic E-state index is 9.32. The molecule has 2 nitrogen and oxygen atoms in total. The SMILES string of the molecule is CC(C)CNCc1ccc(SC(C)C(C)C)c(C#N)c1. The molecule has 0 aliphatic carbocycles. The highest BCUT2D eigenvalue weighted by atomic mass is 32.2. The van der Waals surface area contributed by atoms with Crippen LogP contribution in [0.3, 0.4) is 0 Å². The summed E-state index contributed by atoms with van der Waals surface area (Å²) in [7, 11) is 0. The standard InChI is InChI=1S/C17H26N2S/c1-12(2)10-19-11-15-6-7-17(16(8-15)9-18)20-14(5)13(3)4/h6-8,12-14,19H,10-11H2,1-5H3. The molecule has 0 spiro atoms. The number of hydrogen-bond acceptors (Lipinski definition) is 3. The van der Waals surface area contributed by atoms with Crippen molar-refractivity contribution < 1.29 is 0 Å². The minimum atomic E-state index is 0.520. The van der Waals surface area contributed by atoms with Crippen molar-refractivity contribution in [3.8, 4) is 6.07 Å². The fraction of sp³-hybridized carbons (Fsp3) is 0.588. The van der Waals surface area contributed by atoms with Gasteiger partial charge in [0.25, 0.3) is 0 Å². The van der Waals surface area contributed by atoms with Gasteiger partial charge in [-0.3, -0.25) is 0 Å². The lowest BCUT2D eigenvalue weighted by Crippen LogP contribution is -2.19. The van der Waals surface area contributed by atoms with Gasteiger partial charge in [-0.1, -0.05) is 40.7 Å². The fourth-order valence-electron chi connectivity index (χ4n) is 1.72. The summed E-state index contributed by atoms with van der Waals surface area (Å²) in [6, 6.07) is 8.57. The summed E-state index contributed by atoms with van der Waals surface area (Å²) in [4.78, 5) is 1.10. The number of nitrogens with one attached hydrogen (secondary N) is 1. The molecule has 1 aromatic carbocycles. The second-order valence-corrected chi connectivity index (χ2v) is 7.45. The van der Waals surface area contributed by atoms with Crippen LogP contribution in [0.5, 0.6) is 0 Å². The molecular weight excluding hydrogens is 264 g/mol. The van der Waals surface area contributed by atoms with Crippen LogP contribution in [0.2, 0.25) is 0 Å². The Hall–Kier alpha value is -0.980. The van der Waals surface area contributed by atoms with Crippen molar-refractivity contribution in [2.75, 3.05) is 6.54 Å². The largest absolute Gasteiger partial charge is 0.312 e. The van der Waals surface area contributed by atoms with Gasteiger partial charge in [-0.25, -0.2) is 0 Å². The van der Waals surface area contributed by atoms with E-state index < -0.39 is 0 Å². The summed E-state index contributed by atoms with van der Waals surface area (Å²) >= 11 is 1.80. The van der Waals surface area contributed by atoms with Gasteiger partial charge in [-0.05, 0) is 36.1 Å². The summed E-state index contributed by atoms with van der Waals surface area (Å²) in [6.45, 7) is 12.9. The average molecular weight is 290 g/mol. The smallest absolute Gasteiger partial charge is 0.100 e. The monoisotopic (exact) mass is 290 g/mol. The Morgan fingerprint density at radius 3 is 2.45 bits per heavy atom. The molecule has 1 N–H and O–H groups in total. The third-order valence-electron chi connectivity index (χ3n) is 3.30. The third-order valence-corrected chi connectivity index (χ3v) is 4.82. The molecule has 0 aromatic heterocycles. The summed E-state index contributed by atoms with van der Waals surface area (Å²) < 4.78 is 0. The van der Waals surface area contributed by atoms with Crippen molar-refractivity contribution >= 4 is 11.8 Å². The molecule has 1 atom stereocenters. The van der Waals surface area contributed by atoms with E-state index in [1.54, 1.807) is 11.8 Å². The van der Waals surface area contributed by atoms with Crippen LogP contribution in [-0.4, -0.2) is 11.8 Å². The lowest BCUT2D eigenvalue weighted by molar-refractivity contribution is 0.552. The van der Waals surface area contributed by atoms with E-state index >= 15 is 0 Å². The molecule has 0 heterocycles. The van der Waals surface area contributed by atoms with E-state index in [1.165, 1.54) is 5.56 Å². The van der Waals surface area contributed by atoms with Gasteiger partial charge in [0.2, 0.25) is 0 Å². The summed E-state index contributed by atoms with van der Waals surface area (Å²) in [5.74, 6) is 1.26. The molecule has 0 bridgehead atoms. The van der Waals surface area contributed by atoms with E-state index in [0.29, 0.717) is 17.1 Å². The third kappa shape index (κ3) is 5.56. The lowest BCUT2D eigenvalue weighted by atomic mass is 10.1. The molecule has 0 amide bonds. The van der Waals surface area contributed by atoms with Gasteiger partial charge in [-0.2, -0.15) is 5.26 Å². The normalized spacial score (nSPS) is 12.7. The number of nitriles is 1. The Bertz CT molecular complexity index is 461. The molecule has 20 heavy (non-hydrogen) atoms. The minimum absolute atomic E-state index is 0.520. The van der Waals surface area contributed by atoms with Crippen LogP contribution < -0.4 is 5.32 Å². The fourth-order valence-corrected chi connectivity index (χ4v) is 2.77. The molecule has 0 radical (unpaired) electrons. The van der Waals surface area contributed by atoms with Gasteiger partial charge in [-0.15, -0.1) is 11.8 Å². The van der Waals surface area contributed by atoms with E-state index in [-0.39, 0.29) is 0 Å².